The summed E-state index contributed by atoms with van der Waals surface area (Å²) in [5.74, 6) is 0.450. The van der Waals surface area contributed by atoms with Crippen LogP contribution in [0.25, 0.3) is 0 Å². The number of likely N-dealkylation sites (tertiary alicyclic amines) is 1. The van der Waals surface area contributed by atoms with Gasteiger partial charge in [0.2, 0.25) is 5.91 Å². The molecule has 1 unspecified atom stereocenters. The van der Waals surface area contributed by atoms with Crippen LogP contribution in [0.2, 0.25) is 0 Å². The molecule has 0 N–H and O–H groups in total. The van der Waals surface area contributed by atoms with Crippen LogP contribution in [0.5, 0.6) is 0 Å². The summed E-state index contributed by atoms with van der Waals surface area (Å²) >= 11 is 0. The molecule has 25 heavy (non-hydrogen) atoms. The number of carbonyl (C=O) groups excluding carboxylic acids is 3. The molecule has 0 saturated carbocycles. The summed E-state index contributed by atoms with van der Waals surface area (Å²) in [5.41, 5.74) is 0.831. The average Bonchev–Trinajstić information content (AvgIpc) is 3.35. The van der Waals surface area contributed by atoms with E-state index in [-0.39, 0.29) is 36.6 Å². The van der Waals surface area contributed by atoms with E-state index in [1.165, 1.54) is 4.90 Å². The highest BCUT2D eigenvalue weighted by molar-refractivity contribution is 6.21. The highest BCUT2D eigenvalue weighted by Gasteiger charge is 2.36. The first kappa shape index (κ1) is 15.6. The fraction of sp³-hybridized carbons (Fsp3) is 0.316. The van der Waals surface area contributed by atoms with Crippen molar-refractivity contribution in [1.82, 2.24) is 9.80 Å². The van der Waals surface area contributed by atoms with Crippen molar-refractivity contribution < 1.29 is 18.8 Å². The van der Waals surface area contributed by atoms with Crippen molar-refractivity contribution in [3.05, 3.63) is 59.5 Å². The van der Waals surface area contributed by atoms with Crippen LogP contribution in [0, 0.1) is 0 Å². The fourth-order valence-electron chi connectivity index (χ4n) is 3.55. The van der Waals surface area contributed by atoms with Crippen molar-refractivity contribution in [1.29, 1.82) is 0 Å². The maximum absolute atomic E-state index is 12.4. The molecule has 4 rings (SSSR count). The van der Waals surface area contributed by atoms with Gasteiger partial charge in [-0.25, -0.2) is 0 Å². The molecule has 1 saturated heterocycles. The normalized spacial score (nSPS) is 19.6. The van der Waals surface area contributed by atoms with Gasteiger partial charge in [-0.2, -0.15) is 0 Å². The molecule has 3 amide bonds. The molecule has 0 radical (unpaired) electrons. The van der Waals surface area contributed by atoms with E-state index in [2.05, 4.69) is 0 Å². The molecule has 2 aliphatic rings. The molecule has 1 fully saturated rings. The van der Waals surface area contributed by atoms with Crippen molar-refractivity contribution in [2.45, 2.75) is 18.8 Å². The summed E-state index contributed by atoms with van der Waals surface area (Å²) in [7, 11) is 0. The Labute approximate surface area is 145 Å². The zero-order valence-electron chi connectivity index (χ0n) is 13.7. The average molecular weight is 338 g/mol. The SMILES string of the molecule is O=C(CCN1C(=O)c2ccccc2C1=O)N1CCC(c2ccco2)C1. The van der Waals surface area contributed by atoms with Gasteiger partial charge in [-0.1, -0.05) is 12.1 Å². The molecular weight excluding hydrogens is 320 g/mol. The number of benzene rings is 1. The highest BCUT2D eigenvalue weighted by atomic mass is 16.3. The fourth-order valence-corrected chi connectivity index (χ4v) is 3.55. The van der Waals surface area contributed by atoms with Gasteiger partial charge in [0, 0.05) is 32.0 Å². The molecule has 0 spiro atoms. The largest absolute Gasteiger partial charge is 0.469 e. The number of hydrogen-bond acceptors (Lipinski definition) is 4. The van der Waals surface area contributed by atoms with E-state index in [9.17, 15) is 14.4 Å². The Balaban J connectivity index is 1.36. The molecule has 1 aromatic heterocycles. The van der Waals surface area contributed by atoms with Crippen molar-refractivity contribution in [3.8, 4) is 0 Å². The third kappa shape index (κ3) is 2.73. The molecule has 2 aromatic rings. The highest BCUT2D eigenvalue weighted by Crippen LogP contribution is 2.28. The maximum atomic E-state index is 12.4. The van der Waals surface area contributed by atoms with Crippen molar-refractivity contribution in [3.63, 3.8) is 0 Å². The zero-order chi connectivity index (χ0) is 17.4. The van der Waals surface area contributed by atoms with E-state index in [0.717, 1.165) is 12.2 Å². The van der Waals surface area contributed by atoms with E-state index < -0.39 is 0 Å². The maximum Gasteiger partial charge on any atom is 0.261 e. The van der Waals surface area contributed by atoms with Crippen LogP contribution < -0.4 is 0 Å². The lowest BCUT2D eigenvalue weighted by Crippen LogP contribution is -2.35. The summed E-state index contributed by atoms with van der Waals surface area (Å²) in [5, 5.41) is 0. The standard InChI is InChI=1S/C19H18N2O4/c22-17(20-9-7-13(12-20)16-6-3-11-25-16)8-10-21-18(23)14-4-1-2-5-15(14)19(21)24/h1-6,11,13H,7-10,12H2. The van der Waals surface area contributed by atoms with Crippen LogP contribution in [0.4, 0.5) is 0 Å². The van der Waals surface area contributed by atoms with E-state index in [4.69, 9.17) is 4.42 Å². The summed E-state index contributed by atoms with van der Waals surface area (Å²) in [6, 6.07) is 10.5. The lowest BCUT2D eigenvalue weighted by Gasteiger charge is -2.18. The van der Waals surface area contributed by atoms with Gasteiger partial charge in [0.15, 0.2) is 0 Å². The molecule has 128 valence electrons. The van der Waals surface area contributed by atoms with Crippen LogP contribution >= 0.6 is 0 Å². The molecule has 6 heteroatoms. The van der Waals surface area contributed by atoms with Crippen molar-refractivity contribution in [2.24, 2.45) is 0 Å². The van der Waals surface area contributed by atoms with Crippen LogP contribution in [-0.2, 0) is 4.79 Å². The first-order chi connectivity index (χ1) is 12.1. The van der Waals surface area contributed by atoms with Crippen molar-refractivity contribution in [2.75, 3.05) is 19.6 Å². The first-order valence-corrected chi connectivity index (χ1v) is 8.41. The van der Waals surface area contributed by atoms with Crippen LogP contribution in [-0.4, -0.2) is 47.2 Å². The monoisotopic (exact) mass is 338 g/mol. The summed E-state index contributed by atoms with van der Waals surface area (Å²) in [6.45, 7) is 1.41. The lowest BCUT2D eigenvalue weighted by molar-refractivity contribution is -0.130. The zero-order valence-corrected chi connectivity index (χ0v) is 13.7. The molecule has 0 aliphatic carbocycles. The Hall–Kier alpha value is -2.89. The third-order valence-corrected chi connectivity index (χ3v) is 4.91. The van der Waals surface area contributed by atoms with Crippen LogP contribution in [0.1, 0.15) is 45.2 Å². The second-order valence-corrected chi connectivity index (χ2v) is 6.40. The number of hydrogen-bond donors (Lipinski definition) is 0. The second-order valence-electron chi connectivity index (χ2n) is 6.40. The van der Waals surface area contributed by atoms with Crippen LogP contribution in [0.15, 0.2) is 47.1 Å². The van der Waals surface area contributed by atoms with Gasteiger partial charge in [-0.05, 0) is 30.7 Å². The minimum atomic E-state index is -0.316. The molecular formula is C19H18N2O4. The summed E-state index contributed by atoms with van der Waals surface area (Å²) in [4.78, 5) is 40.0. The molecule has 3 heterocycles. The minimum absolute atomic E-state index is 0.0365. The number of fused-ring (bicyclic) bond motifs is 1. The molecule has 0 bridgehead atoms. The van der Waals surface area contributed by atoms with Gasteiger partial charge in [0.05, 0.1) is 17.4 Å². The van der Waals surface area contributed by atoms with Crippen molar-refractivity contribution >= 4 is 17.7 Å². The number of rotatable bonds is 4. The summed E-state index contributed by atoms with van der Waals surface area (Å²) < 4.78 is 5.42. The molecule has 6 nitrogen and oxygen atoms in total. The molecule has 1 atom stereocenters. The number of amides is 3. The van der Waals surface area contributed by atoms with Gasteiger partial charge >= 0.3 is 0 Å². The number of furan rings is 1. The van der Waals surface area contributed by atoms with Gasteiger partial charge in [-0.15, -0.1) is 0 Å². The van der Waals surface area contributed by atoms with E-state index >= 15 is 0 Å². The quantitative estimate of drug-likeness (QED) is 0.802. The van der Waals surface area contributed by atoms with E-state index in [0.29, 0.717) is 24.2 Å². The number of imide groups is 1. The Morgan fingerprint density at radius 1 is 1.08 bits per heavy atom. The Morgan fingerprint density at radius 3 is 2.44 bits per heavy atom. The van der Waals surface area contributed by atoms with Gasteiger partial charge in [0.1, 0.15) is 5.76 Å². The Kier molecular flexibility index (Phi) is 3.87. The number of nitrogens with zero attached hydrogens (tertiary/aromatic N) is 2. The topological polar surface area (TPSA) is 70.8 Å². The first-order valence-electron chi connectivity index (χ1n) is 8.41. The predicted octanol–water partition coefficient (Wildman–Crippen LogP) is 2.28. The Morgan fingerprint density at radius 2 is 1.80 bits per heavy atom. The Bertz CT molecular complexity index is 793. The van der Waals surface area contributed by atoms with Gasteiger partial charge in [0.25, 0.3) is 11.8 Å². The third-order valence-electron chi connectivity index (χ3n) is 4.91. The van der Waals surface area contributed by atoms with Gasteiger partial charge in [-0.3, -0.25) is 19.3 Å². The van der Waals surface area contributed by atoms with E-state index in [1.807, 2.05) is 12.1 Å². The second kappa shape index (κ2) is 6.20. The van der Waals surface area contributed by atoms with Crippen LogP contribution in [0.3, 0.4) is 0 Å². The molecule has 1 aromatic carbocycles. The molecule has 2 aliphatic heterocycles. The number of carbonyl (C=O) groups is 3. The predicted molar refractivity (Wildman–Crippen MR) is 89.1 cm³/mol. The lowest BCUT2D eigenvalue weighted by atomic mass is 10.1. The summed E-state index contributed by atoms with van der Waals surface area (Å²) in [6.07, 6.45) is 2.66. The van der Waals surface area contributed by atoms with E-state index in [1.54, 1.807) is 35.4 Å². The van der Waals surface area contributed by atoms with Gasteiger partial charge < -0.3 is 9.32 Å². The smallest absolute Gasteiger partial charge is 0.261 e. The minimum Gasteiger partial charge on any atom is -0.469 e.